The largest absolute Gasteiger partial charge is 0.385 e. The number of nitrogens with zero attached hydrogens (tertiary/aromatic N) is 4. The lowest BCUT2D eigenvalue weighted by Crippen LogP contribution is -2.52. The van der Waals surface area contributed by atoms with E-state index in [0.717, 1.165) is 31.6 Å². The van der Waals surface area contributed by atoms with Crippen molar-refractivity contribution in [1.82, 2.24) is 19.9 Å². The maximum atomic E-state index is 10.9. The van der Waals surface area contributed by atoms with Crippen molar-refractivity contribution in [2.24, 2.45) is 7.05 Å². The van der Waals surface area contributed by atoms with Gasteiger partial charge >= 0.3 is 0 Å². The van der Waals surface area contributed by atoms with Crippen LogP contribution in [0.3, 0.4) is 0 Å². The van der Waals surface area contributed by atoms with Crippen LogP contribution in [0.25, 0.3) is 0 Å². The Morgan fingerprint density at radius 1 is 1.26 bits per heavy atom. The summed E-state index contributed by atoms with van der Waals surface area (Å²) in [5.41, 5.74) is 0.470. The Morgan fingerprint density at radius 3 is 2.11 bits per heavy atom. The molecule has 0 radical (unpaired) electrons. The number of aromatic nitrogens is 3. The maximum absolute atomic E-state index is 10.9. The van der Waals surface area contributed by atoms with Crippen LogP contribution >= 0.6 is 15.9 Å². The Balaban J connectivity index is 3.26. The van der Waals surface area contributed by atoms with Crippen molar-refractivity contribution in [3.8, 4) is 0 Å². The molecule has 1 heterocycles. The summed E-state index contributed by atoms with van der Waals surface area (Å²) in [6.45, 7) is 10.3. The first-order chi connectivity index (χ1) is 8.98. The standard InChI is InChI=1S/C13H25BrN4O/c1-6-13(7-2,18(8-3)9-4)11(19)10-12(14)15-16-17(10)5/h11,19H,6-9H2,1-5H3. The van der Waals surface area contributed by atoms with Crippen molar-refractivity contribution in [2.75, 3.05) is 13.1 Å². The lowest BCUT2D eigenvalue weighted by Gasteiger charge is -2.45. The molecule has 0 aliphatic carbocycles. The molecule has 0 aliphatic heterocycles. The molecule has 5 nitrogen and oxygen atoms in total. The van der Waals surface area contributed by atoms with Gasteiger partial charge in [-0.1, -0.05) is 32.9 Å². The molecule has 6 heteroatoms. The normalized spacial score (nSPS) is 14.1. The second-order valence-electron chi connectivity index (χ2n) is 4.77. The summed E-state index contributed by atoms with van der Waals surface area (Å²) in [6.07, 6.45) is 1.14. The van der Waals surface area contributed by atoms with Crippen LogP contribution in [0.2, 0.25) is 0 Å². The Hall–Kier alpha value is -0.460. The average Bonchev–Trinajstić information content (AvgIpc) is 2.75. The highest BCUT2D eigenvalue weighted by molar-refractivity contribution is 9.10. The molecule has 1 unspecified atom stereocenters. The monoisotopic (exact) mass is 332 g/mol. The molecule has 19 heavy (non-hydrogen) atoms. The molecular weight excluding hydrogens is 308 g/mol. The Kier molecular flexibility index (Phi) is 5.95. The van der Waals surface area contributed by atoms with Gasteiger partial charge in [-0.15, -0.1) is 5.10 Å². The van der Waals surface area contributed by atoms with Gasteiger partial charge in [-0.05, 0) is 41.9 Å². The van der Waals surface area contributed by atoms with Crippen LogP contribution in [0, 0.1) is 0 Å². The zero-order valence-corrected chi connectivity index (χ0v) is 14.1. The van der Waals surface area contributed by atoms with Gasteiger partial charge in [0, 0.05) is 7.05 Å². The first-order valence-electron chi connectivity index (χ1n) is 6.96. The van der Waals surface area contributed by atoms with Crippen LogP contribution in [0.5, 0.6) is 0 Å². The molecule has 1 aromatic rings. The highest BCUT2D eigenvalue weighted by Crippen LogP contribution is 2.38. The van der Waals surface area contributed by atoms with Gasteiger partial charge in [-0.25, -0.2) is 4.68 Å². The van der Waals surface area contributed by atoms with E-state index in [4.69, 9.17) is 0 Å². The summed E-state index contributed by atoms with van der Waals surface area (Å²) < 4.78 is 2.28. The molecule has 110 valence electrons. The fourth-order valence-electron chi connectivity index (χ4n) is 2.99. The number of likely N-dealkylation sites (N-methyl/N-ethyl adjacent to an activating group) is 1. The van der Waals surface area contributed by atoms with Crippen molar-refractivity contribution < 1.29 is 5.11 Å². The number of hydrogen-bond acceptors (Lipinski definition) is 4. The van der Waals surface area contributed by atoms with E-state index in [2.05, 4.69) is 58.8 Å². The summed E-state index contributed by atoms with van der Waals surface area (Å²) in [6, 6.07) is 0. The van der Waals surface area contributed by atoms with E-state index >= 15 is 0 Å². The van der Waals surface area contributed by atoms with Crippen LogP contribution in [0.1, 0.15) is 52.3 Å². The fraction of sp³-hybridized carbons (Fsp3) is 0.846. The first kappa shape index (κ1) is 16.6. The van der Waals surface area contributed by atoms with Crippen molar-refractivity contribution in [3.05, 3.63) is 10.3 Å². The van der Waals surface area contributed by atoms with E-state index in [-0.39, 0.29) is 5.54 Å². The minimum atomic E-state index is -0.614. The second-order valence-corrected chi connectivity index (χ2v) is 5.53. The Labute approximate surface area is 124 Å². The summed E-state index contributed by atoms with van der Waals surface area (Å²) >= 11 is 3.39. The zero-order chi connectivity index (χ0) is 14.6. The van der Waals surface area contributed by atoms with Crippen molar-refractivity contribution in [3.63, 3.8) is 0 Å². The number of hydrogen-bond donors (Lipinski definition) is 1. The third-order valence-electron chi connectivity index (χ3n) is 4.21. The van der Waals surface area contributed by atoms with Crippen LogP contribution in [0.4, 0.5) is 0 Å². The van der Waals surface area contributed by atoms with Gasteiger partial charge in [0.1, 0.15) is 11.8 Å². The quantitative estimate of drug-likeness (QED) is 0.833. The van der Waals surface area contributed by atoms with Crippen LogP contribution < -0.4 is 0 Å². The van der Waals surface area contributed by atoms with Gasteiger partial charge in [-0.2, -0.15) is 0 Å². The van der Waals surface area contributed by atoms with Gasteiger partial charge in [-0.3, -0.25) is 4.90 Å². The van der Waals surface area contributed by atoms with Crippen molar-refractivity contribution >= 4 is 15.9 Å². The molecular formula is C13H25BrN4O. The average molecular weight is 333 g/mol. The van der Waals surface area contributed by atoms with E-state index in [1.54, 1.807) is 4.68 Å². The third-order valence-corrected chi connectivity index (χ3v) is 4.78. The lowest BCUT2D eigenvalue weighted by molar-refractivity contribution is -0.0407. The molecule has 0 saturated carbocycles. The predicted octanol–water partition coefficient (Wildman–Crippen LogP) is 2.51. The van der Waals surface area contributed by atoms with E-state index in [0.29, 0.717) is 4.60 Å². The molecule has 0 amide bonds. The van der Waals surface area contributed by atoms with E-state index < -0.39 is 6.10 Å². The molecule has 0 spiro atoms. The molecule has 1 N–H and O–H groups in total. The number of aliphatic hydroxyl groups is 1. The summed E-state index contributed by atoms with van der Waals surface area (Å²) in [5.74, 6) is 0. The van der Waals surface area contributed by atoms with Crippen molar-refractivity contribution in [2.45, 2.75) is 52.2 Å². The smallest absolute Gasteiger partial charge is 0.154 e. The fourth-order valence-corrected chi connectivity index (χ4v) is 3.54. The van der Waals surface area contributed by atoms with Gasteiger partial charge in [0.25, 0.3) is 0 Å². The van der Waals surface area contributed by atoms with Gasteiger partial charge in [0.15, 0.2) is 4.60 Å². The third kappa shape index (κ3) is 2.85. The highest BCUT2D eigenvalue weighted by Gasteiger charge is 2.42. The second kappa shape index (κ2) is 6.81. The first-order valence-corrected chi connectivity index (χ1v) is 7.75. The minimum absolute atomic E-state index is 0.276. The summed E-state index contributed by atoms with van der Waals surface area (Å²) in [5, 5.41) is 18.9. The Morgan fingerprint density at radius 2 is 1.79 bits per heavy atom. The summed E-state index contributed by atoms with van der Waals surface area (Å²) in [7, 11) is 1.81. The molecule has 0 fully saturated rings. The molecule has 0 aliphatic rings. The highest BCUT2D eigenvalue weighted by atomic mass is 79.9. The van der Waals surface area contributed by atoms with Crippen LogP contribution in [-0.4, -0.2) is 43.6 Å². The molecule has 0 saturated heterocycles. The number of aliphatic hydroxyl groups excluding tert-OH is 1. The SMILES string of the molecule is CCN(CC)C(CC)(CC)C(O)c1c(Br)nnn1C. The zero-order valence-electron chi connectivity index (χ0n) is 12.5. The van der Waals surface area contributed by atoms with Gasteiger partial charge in [0.2, 0.25) is 0 Å². The molecule has 1 rings (SSSR count). The predicted molar refractivity (Wildman–Crippen MR) is 79.9 cm³/mol. The van der Waals surface area contributed by atoms with Crippen molar-refractivity contribution in [1.29, 1.82) is 0 Å². The number of halogens is 1. The van der Waals surface area contributed by atoms with E-state index in [1.165, 1.54) is 0 Å². The molecule has 0 aromatic carbocycles. The van der Waals surface area contributed by atoms with E-state index in [1.807, 2.05) is 7.05 Å². The number of rotatable bonds is 7. The lowest BCUT2D eigenvalue weighted by atomic mass is 9.83. The molecule has 0 bridgehead atoms. The Bertz CT molecular complexity index is 380. The molecule has 1 atom stereocenters. The topological polar surface area (TPSA) is 54.2 Å². The summed E-state index contributed by atoms with van der Waals surface area (Å²) in [4.78, 5) is 2.33. The number of aryl methyl sites for hydroxylation is 1. The van der Waals surface area contributed by atoms with Crippen LogP contribution in [0.15, 0.2) is 4.60 Å². The maximum Gasteiger partial charge on any atom is 0.154 e. The minimum Gasteiger partial charge on any atom is -0.385 e. The van der Waals surface area contributed by atoms with E-state index in [9.17, 15) is 5.11 Å². The molecule has 1 aromatic heterocycles. The van der Waals surface area contributed by atoms with Gasteiger partial charge < -0.3 is 5.11 Å². The van der Waals surface area contributed by atoms with Gasteiger partial charge in [0.05, 0.1) is 5.54 Å². The van der Waals surface area contributed by atoms with Crippen LogP contribution in [-0.2, 0) is 7.05 Å².